The molecule has 0 radical (unpaired) electrons. The molecular weight excluding hydrogens is 416 g/mol. The van der Waals surface area contributed by atoms with Gasteiger partial charge in [-0.15, -0.1) is 0 Å². The van der Waals surface area contributed by atoms with Gasteiger partial charge in [-0.05, 0) is 30.7 Å². The Morgan fingerprint density at radius 1 is 1.10 bits per heavy atom. The van der Waals surface area contributed by atoms with Gasteiger partial charge in [0.05, 0.1) is 22.5 Å². The number of nitrogens with zero attached hydrogens (tertiary/aromatic N) is 3. The maximum absolute atomic E-state index is 12.6. The third kappa shape index (κ3) is 4.83. The van der Waals surface area contributed by atoms with Gasteiger partial charge in [0.15, 0.2) is 0 Å². The van der Waals surface area contributed by atoms with Crippen LogP contribution in [-0.4, -0.2) is 41.5 Å². The number of carbonyl (C=O) groups is 1. The summed E-state index contributed by atoms with van der Waals surface area (Å²) >= 11 is 0. The van der Waals surface area contributed by atoms with E-state index in [4.69, 9.17) is 0 Å². The molecule has 2 aromatic carbocycles. The Bertz CT molecular complexity index is 1230. The van der Waals surface area contributed by atoms with Crippen molar-refractivity contribution in [3.05, 3.63) is 70.6 Å². The molecule has 1 N–H and O–H groups in total. The van der Waals surface area contributed by atoms with Crippen LogP contribution < -0.4 is 10.9 Å². The van der Waals surface area contributed by atoms with Crippen molar-refractivity contribution in [2.75, 3.05) is 13.1 Å². The first-order chi connectivity index (χ1) is 14.8. The molecule has 3 aromatic rings. The van der Waals surface area contributed by atoms with Gasteiger partial charge in [0.2, 0.25) is 15.9 Å². The van der Waals surface area contributed by atoms with Gasteiger partial charge in [0.25, 0.3) is 5.56 Å². The Morgan fingerprint density at radius 2 is 1.74 bits per heavy atom. The van der Waals surface area contributed by atoms with E-state index >= 15 is 0 Å². The Morgan fingerprint density at radius 3 is 2.39 bits per heavy atom. The molecule has 1 unspecified atom stereocenters. The molecule has 1 amide bonds. The zero-order valence-corrected chi connectivity index (χ0v) is 18.6. The molecule has 0 saturated carbocycles. The maximum atomic E-state index is 12.6. The third-order valence-electron chi connectivity index (χ3n) is 5.16. The first-order valence-electron chi connectivity index (χ1n) is 10.1. The minimum absolute atomic E-state index is 0.206. The maximum Gasteiger partial charge on any atom is 0.275 e. The van der Waals surface area contributed by atoms with Crippen LogP contribution in [0.3, 0.4) is 0 Å². The van der Waals surface area contributed by atoms with Crippen molar-refractivity contribution >= 4 is 26.7 Å². The van der Waals surface area contributed by atoms with E-state index in [1.165, 1.54) is 4.31 Å². The van der Waals surface area contributed by atoms with Crippen molar-refractivity contribution in [1.29, 1.82) is 0 Å². The molecule has 0 spiro atoms. The molecule has 0 aliphatic heterocycles. The Labute approximate surface area is 181 Å². The van der Waals surface area contributed by atoms with Crippen LogP contribution in [0.4, 0.5) is 0 Å². The van der Waals surface area contributed by atoms with E-state index in [9.17, 15) is 18.0 Å². The molecule has 3 rings (SSSR count). The van der Waals surface area contributed by atoms with E-state index in [0.717, 1.165) is 15.6 Å². The summed E-state index contributed by atoms with van der Waals surface area (Å²) in [6, 6.07) is 13.2. The fourth-order valence-corrected chi connectivity index (χ4v) is 4.85. The molecule has 0 saturated heterocycles. The lowest BCUT2D eigenvalue weighted by Gasteiger charge is -2.19. The molecule has 1 atom stereocenters. The second kappa shape index (κ2) is 9.40. The van der Waals surface area contributed by atoms with E-state index in [2.05, 4.69) is 10.4 Å². The van der Waals surface area contributed by atoms with Crippen LogP contribution in [-0.2, 0) is 21.4 Å². The highest BCUT2D eigenvalue weighted by atomic mass is 32.2. The number of nitrogens with one attached hydrogen (secondary N) is 1. The van der Waals surface area contributed by atoms with Crippen LogP contribution >= 0.6 is 0 Å². The number of aromatic nitrogens is 2. The number of carbonyl (C=O) groups excluding carboxylic acids is 1. The summed E-state index contributed by atoms with van der Waals surface area (Å²) < 4.78 is 27.7. The molecule has 164 valence electrons. The molecule has 8 nitrogen and oxygen atoms in total. The highest BCUT2D eigenvalue weighted by Gasteiger charge is 2.21. The topological polar surface area (TPSA) is 101 Å². The summed E-state index contributed by atoms with van der Waals surface area (Å²) in [5, 5.41) is 8.12. The minimum Gasteiger partial charge on any atom is -0.348 e. The van der Waals surface area contributed by atoms with Gasteiger partial charge in [-0.2, -0.15) is 9.40 Å². The molecule has 0 fully saturated rings. The van der Waals surface area contributed by atoms with Gasteiger partial charge in [-0.3, -0.25) is 9.59 Å². The van der Waals surface area contributed by atoms with Gasteiger partial charge in [-0.1, -0.05) is 44.2 Å². The quantitative estimate of drug-likeness (QED) is 0.577. The summed E-state index contributed by atoms with van der Waals surface area (Å²) in [6.45, 7) is 5.97. The van der Waals surface area contributed by atoms with Gasteiger partial charge < -0.3 is 5.32 Å². The fourth-order valence-electron chi connectivity index (χ4n) is 3.39. The minimum atomic E-state index is -3.53. The number of hydrogen-bond acceptors (Lipinski definition) is 5. The molecule has 31 heavy (non-hydrogen) atoms. The summed E-state index contributed by atoms with van der Waals surface area (Å²) in [4.78, 5) is 25.2. The van der Waals surface area contributed by atoms with Crippen molar-refractivity contribution < 1.29 is 13.2 Å². The molecule has 0 aliphatic rings. The second-order valence-electron chi connectivity index (χ2n) is 7.14. The highest BCUT2D eigenvalue weighted by Crippen LogP contribution is 2.19. The lowest BCUT2D eigenvalue weighted by atomic mass is 10.1. The van der Waals surface area contributed by atoms with Crippen LogP contribution in [0.1, 0.15) is 32.4 Å². The normalized spacial score (nSPS) is 12.8. The number of benzene rings is 2. The molecule has 1 aromatic heterocycles. The van der Waals surface area contributed by atoms with Gasteiger partial charge >= 0.3 is 0 Å². The average Bonchev–Trinajstić information content (AvgIpc) is 2.76. The lowest BCUT2D eigenvalue weighted by Crippen LogP contribution is -2.35. The predicted octanol–water partition coefficient (Wildman–Crippen LogP) is 2.30. The van der Waals surface area contributed by atoms with E-state index in [1.54, 1.807) is 69.4 Å². The predicted molar refractivity (Wildman–Crippen MR) is 119 cm³/mol. The van der Waals surface area contributed by atoms with E-state index < -0.39 is 10.0 Å². The monoisotopic (exact) mass is 442 g/mol. The number of rotatable bonds is 8. The summed E-state index contributed by atoms with van der Waals surface area (Å²) in [5.41, 5.74) is 0.428. The Kier molecular flexibility index (Phi) is 6.87. The first kappa shape index (κ1) is 22.6. The zero-order valence-electron chi connectivity index (χ0n) is 17.8. The average molecular weight is 443 g/mol. The third-order valence-corrected chi connectivity index (χ3v) is 7.22. The largest absolute Gasteiger partial charge is 0.348 e. The van der Waals surface area contributed by atoms with Crippen LogP contribution in [0.15, 0.2) is 64.4 Å². The molecule has 0 aliphatic carbocycles. The number of hydrogen-bond donors (Lipinski definition) is 1. The van der Waals surface area contributed by atoms with Gasteiger partial charge in [0, 0.05) is 18.5 Å². The standard InChI is InChI=1S/C22H26N4O4S/c1-4-25(5-2)31(29,30)19-12-10-17(11-13-19)16(3)24-21(27)15-26-22(28)20-9-7-6-8-18(20)14-23-26/h6-14,16H,4-5,15H2,1-3H3,(H,24,27). The van der Waals surface area contributed by atoms with E-state index in [0.29, 0.717) is 18.5 Å². The molecule has 1 heterocycles. The SMILES string of the molecule is CCN(CC)S(=O)(=O)c1ccc(C(C)NC(=O)Cn2ncc3ccccc3c2=O)cc1. The van der Waals surface area contributed by atoms with E-state index in [1.807, 2.05) is 6.07 Å². The highest BCUT2D eigenvalue weighted by molar-refractivity contribution is 7.89. The van der Waals surface area contributed by atoms with Crippen molar-refractivity contribution in [2.24, 2.45) is 0 Å². The van der Waals surface area contributed by atoms with Crippen LogP contribution in [0, 0.1) is 0 Å². The zero-order chi connectivity index (χ0) is 22.6. The molecule has 9 heteroatoms. The summed E-state index contributed by atoms with van der Waals surface area (Å²) in [5.74, 6) is -0.364. The number of fused-ring (bicyclic) bond motifs is 1. The van der Waals surface area contributed by atoms with Gasteiger partial charge in [-0.25, -0.2) is 13.1 Å². The molecule has 0 bridgehead atoms. The van der Waals surface area contributed by atoms with Crippen molar-refractivity contribution in [2.45, 2.75) is 38.3 Å². The van der Waals surface area contributed by atoms with Crippen LogP contribution in [0.2, 0.25) is 0 Å². The van der Waals surface area contributed by atoms with Gasteiger partial charge in [0.1, 0.15) is 6.54 Å². The second-order valence-corrected chi connectivity index (χ2v) is 9.08. The number of sulfonamides is 1. The van der Waals surface area contributed by atoms with Crippen molar-refractivity contribution in [3.63, 3.8) is 0 Å². The lowest BCUT2D eigenvalue weighted by molar-refractivity contribution is -0.122. The fraction of sp³-hybridized carbons (Fsp3) is 0.318. The van der Waals surface area contributed by atoms with E-state index in [-0.39, 0.29) is 28.9 Å². The summed E-state index contributed by atoms with van der Waals surface area (Å²) in [7, 11) is -3.53. The smallest absolute Gasteiger partial charge is 0.275 e. The first-order valence-corrected chi connectivity index (χ1v) is 11.6. The Balaban J connectivity index is 1.70. The van der Waals surface area contributed by atoms with Crippen molar-refractivity contribution in [3.8, 4) is 0 Å². The summed E-state index contributed by atoms with van der Waals surface area (Å²) in [6.07, 6.45) is 1.56. The number of amides is 1. The van der Waals surface area contributed by atoms with Crippen LogP contribution in [0.25, 0.3) is 10.8 Å². The van der Waals surface area contributed by atoms with Crippen LogP contribution in [0.5, 0.6) is 0 Å². The molecular formula is C22H26N4O4S. The van der Waals surface area contributed by atoms with Crippen molar-refractivity contribution in [1.82, 2.24) is 19.4 Å². The Hall–Kier alpha value is -3.04.